The van der Waals surface area contributed by atoms with Crippen molar-refractivity contribution in [2.45, 2.75) is 39.2 Å². The monoisotopic (exact) mass is 274 g/mol. The van der Waals surface area contributed by atoms with E-state index in [1.54, 1.807) is 0 Å². The third-order valence-electron chi connectivity index (χ3n) is 5.66. The molecule has 18 heavy (non-hydrogen) atoms. The van der Waals surface area contributed by atoms with Crippen molar-refractivity contribution in [1.82, 2.24) is 0 Å². The van der Waals surface area contributed by atoms with Crippen LogP contribution in [-0.4, -0.2) is 30.8 Å². The Bertz CT molecular complexity index is 509. The van der Waals surface area contributed by atoms with Gasteiger partial charge in [-0.25, -0.2) is 0 Å². The SMILES string of the molecule is CC1(C)[C@H]2CC[C@]1(CS(=O)(=O)O)[C@H]1OC(=O)C[C@@H]21. The molecule has 2 aliphatic carbocycles. The van der Waals surface area contributed by atoms with Gasteiger partial charge in [0.25, 0.3) is 10.1 Å². The zero-order valence-corrected chi connectivity index (χ0v) is 11.4. The Kier molecular flexibility index (Phi) is 2.26. The number of rotatable bonds is 2. The maximum absolute atomic E-state index is 11.5. The lowest BCUT2D eigenvalue weighted by Gasteiger charge is -2.40. The molecule has 1 aliphatic heterocycles. The van der Waals surface area contributed by atoms with Crippen molar-refractivity contribution in [3.8, 4) is 0 Å². The van der Waals surface area contributed by atoms with Gasteiger partial charge in [0.15, 0.2) is 0 Å². The normalized spacial score (nSPS) is 45.1. The molecule has 0 unspecified atom stereocenters. The summed E-state index contributed by atoms with van der Waals surface area (Å²) in [7, 11) is -4.07. The third kappa shape index (κ3) is 1.36. The second-order valence-corrected chi connectivity index (χ2v) is 7.98. The molecular formula is C12H18O5S. The van der Waals surface area contributed by atoms with E-state index in [2.05, 4.69) is 0 Å². The Hall–Kier alpha value is -0.620. The molecule has 2 bridgehead atoms. The number of ether oxygens (including phenoxy) is 1. The van der Waals surface area contributed by atoms with Crippen LogP contribution < -0.4 is 0 Å². The molecule has 0 aromatic carbocycles. The van der Waals surface area contributed by atoms with Gasteiger partial charge in [-0.2, -0.15) is 8.42 Å². The predicted molar refractivity (Wildman–Crippen MR) is 63.3 cm³/mol. The Morgan fingerprint density at radius 2 is 2.11 bits per heavy atom. The molecule has 1 heterocycles. The number of hydrogen-bond acceptors (Lipinski definition) is 4. The molecule has 1 N–H and O–H groups in total. The Morgan fingerprint density at radius 3 is 2.72 bits per heavy atom. The average Bonchev–Trinajstić information content (AvgIpc) is 2.70. The van der Waals surface area contributed by atoms with Gasteiger partial charge in [-0.3, -0.25) is 9.35 Å². The molecule has 3 rings (SSSR count). The van der Waals surface area contributed by atoms with E-state index < -0.39 is 15.5 Å². The fourth-order valence-electron chi connectivity index (χ4n) is 4.84. The highest BCUT2D eigenvalue weighted by atomic mass is 32.2. The first kappa shape index (κ1) is 12.4. The molecule has 1 saturated heterocycles. The standard InChI is InChI=1S/C12H18O5S/c1-11(2)8-3-4-12(11,6-18(14,15)16)10-7(8)5-9(13)17-10/h7-8,10H,3-6H2,1-2H3,(H,14,15,16)/t7-,8-,10-,12-/m0/s1. The van der Waals surface area contributed by atoms with Crippen LogP contribution in [-0.2, 0) is 19.6 Å². The summed E-state index contributed by atoms with van der Waals surface area (Å²) in [5.74, 6) is -0.0800. The molecule has 4 atom stereocenters. The maximum atomic E-state index is 11.5. The Morgan fingerprint density at radius 1 is 1.44 bits per heavy atom. The van der Waals surface area contributed by atoms with E-state index in [0.29, 0.717) is 18.8 Å². The summed E-state index contributed by atoms with van der Waals surface area (Å²) in [5, 5.41) is 0. The van der Waals surface area contributed by atoms with Gasteiger partial charge in [0, 0.05) is 11.3 Å². The number of carbonyl (C=O) groups excluding carboxylic acids is 1. The van der Waals surface area contributed by atoms with E-state index in [0.717, 1.165) is 6.42 Å². The van der Waals surface area contributed by atoms with Crippen molar-refractivity contribution in [3.05, 3.63) is 0 Å². The van der Waals surface area contributed by atoms with E-state index in [-0.39, 0.29) is 29.2 Å². The van der Waals surface area contributed by atoms with Gasteiger partial charge in [-0.15, -0.1) is 0 Å². The van der Waals surface area contributed by atoms with Gasteiger partial charge < -0.3 is 4.74 Å². The highest BCUT2D eigenvalue weighted by molar-refractivity contribution is 7.85. The Balaban J connectivity index is 2.07. The molecule has 2 saturated carbocycles. The van der Waals surface area contributed by atoms with Crippen LogP contribution in [0.3, 0.4) is 0 Å². The molecular weight excluding hydrogens is 256 g/mol. The third-order valence-corrected chi connectivity index (χ3v) is 6.54. The first-order valence-corrected chi connectivity index (χ1v) is 7.93. The lowest BCUT2D eigenvalue weighted by molar-refractivity contribution is -0.147. The quantitative estimate of drug-likeness (QED) is 0.605. The summed E-state index contributed by atoms with van der Waals surface area (Å²) in [4.78, 5) is 11.5. The van der Waals surface area contributed by atoms with Crippen LogP contribution in [0, 0.1) is 22.7 Å². The van der Waals surface area contributed by atoms with Gasteiger partial charge in [-0.1, -0.05) is 13.8 Å². The molecule has 0 aromatic rings. The van der Waals surface area contributed by atoms with E-state index in [1.165, 1.54) is 0 Å². The molecule has 0 radical (unpaired) electrons. The fourth-order valence-corrected chi connectivity index (χ4v) is 6.17. The van der Waals surface area contributed by atoms with Crippen LogP contribution in [0.25, 0.3) is 0 Å². The second kappa shape index (κ2) is 3.28. The molecule has 6 heteroatoms. The van der Waals surface area contributed by atoms with Crippen LogP contribution in [0.5, 0.6) is 0 Å². The molecule has 0 spiro atoms. The average molecular weight is 274 g/mol. The number of esters is 1. The zero-order chi connectivity index (χ0) is 13.3. The number of carbonyl (C=O) groups is 1. The highest BCUT2D eigenvalue weighted by Gasteiger charge is 2.72. The minimum atomic E-state index is -4.07. The summed E-state index contributed by atoms with van der Waals surface area (Å²) in [6, 6.07) is 0. The minimum absolute atomic E-state index is 0.128. The summed E-state index contributed by atoms with van der Waals surface area (Å²) in [6.45, 7) is 4.09. The highest BCUT2D eigenvalue weighted by Crippen LogP contribution is 2.70. The van der Waals surface area contributed by atoms with Crippen molar-refractivity contribution in [2.24, 2.45) is 22.7 Å². The minimum Gasteiger partial charge on any atom is -0.461 e. The van der Waals surface area contributed by atoms with Crippen molar-refractivity contribution >= 4 is 16.1 Å². The van der Waals surface area contributed by atoms with E-state index >= 15 is 0 Å². The second-order valence-electron chi connectivity index (χ2n) is 6.53. The van der Waals surface area contributed by atoms with Crippen LogP contribution in [0.2, 0.25) is 0 Å². The topological polar surface area (TPSA) is 80.7 Å². The summed E-state index contributed by atoms with van der Waals surface area (Å²) >= 11 is 0. The van der Waals surface area contributed by atoms with Gasteiger partial charge in [0.05, 0.1) is 12.2 Å². The largest absolute Gasteiger partial charge is 0.461 e. The maximum Gasteiger partial charge on any atom is 0.306 e. The smallest absolute Gasteiger partial charge is 0.306 e. The van der Waals surface area contributed by atoms with Crippen molar-refractivity contribution < 1.29 is 22.5 Å². The summed E-state index contributed by atoms with van der Waals surface area (Å²) in [5.41, 5.74) is -0.819. The van der Waals surface area contributed by atoms with Crippen molar-refractivity contribution in [2.75, 3.05) is 5.75 Å². The lowest BCUT2D eigenvalue weighted by atomic mass is 9.69. The van der Waals surface area contributed by atoms with E-state index in [9.17, 15) is 17.8 Å². The van der Waals surface area contributed by atoms with Gasteiger partial charge in [0.1, 0.15) is 6.10 Å². The Labute approximate surface area is 107 Å². The first-order valence-electron chi connectivity index (χ1n) is 6.32. The molecule has 0 aromatic heterocycles. The van der Waals surface area contributed by atoms with E-state index in [4.69, 9.17) is 4.74 Å². The molecule has 0 amide bonds. The van der Waals surface area contributed by atoms with Crippen molar-refractivity contribution in [3.63, 3.8) is 0 Å². The number of hydrogen-bond donors (Lipinski definition) is 1. The van der Waals surface area contributed by atoms with Crippen LogP contribution in [0.4, 0.5) is 0 Å². The molecule has 3 fully saturated rings. The van der Waals surface area contributed by atoms with Crippen molar-refractivity contribution in [1.29, 1.82) is 0 Å². The van der Waals surface area contributed by atoms with Crippen LogP contribution >= 0.6 is 0 Å². The molecule has 5 nitrogen and oxygen atoms in total. The lowest BCUT2D eigenvalue weighted by Crippen LogP contribution is -2.45. The van der Waals surface area contributed by atoms with Gasteiger partial charge in [-0.05, 0) is 24.2 Å². The van der Waals surface area contributed by atoms with Crippen LogP contribution in [0.1, 0.15) is 33.1 Å². The summed E-state index contributed by atoms with van der Waals surface area (Å²) < 4.78 is 37.3. The van der Waals surface area contributed by atoms with E-state index in [1.807, 2.05) is 13.8 Å². The van der Waals surface area contributed by atoms with Gasteiger partial charge >= 0.3 is 5.97 Å². The zero-order valence-electron chi connectivity index (χ0n) is 10.5. The first-order chi connectivity index (χ1) is 8.17. The predicted octanol–water partition coefficient (Wildman–Crippen LogP) is 1.24. The molecule has 3 aliphatic rings. The molecule has 102 valence electrons. The number of fused-ring (bicyclic) bond motifs is 5. The fraction of sp³-hybridized carbons (Fsp3) is 0.917. The van der Waals surface area contributed by atoms with Crippen LogP contribution in [0.15, 0.2) is 0 Å². The van der Waals surface area contributed by atoms with Gasteiger partial charge in [0.2, 0.25) is 0 Å². The summed E-state index contributed by atoms with van der Waals surface area (Å²) in [6.07, 6.45) is 1.69.